The lowest BCUT2D eigenvalue weighted by atomic mass is 10.1. The number of aromatic nitrogens is 1. The fourth-order valence-corrected chi connectivity index (χ4v) is 3.83. The summed E-state index contributed by atoms with van der Waals surface area (Å²) in [6.45, 7) is 7.30. The van der Waals surface area contributed by atoms with E-state index in [1.807, 2.05) is 19.5 Å². The highest BCUT2D eigenvalue weighted by Crippen LogP contribution is 2.24. The van der Waals surface area contributed by atoms with Crippen LogP contribution in [0.15, 0.2) is 34.8 Å². The van der Waals surface area contributed by atoms with Crippen LogP contribution in [0.5, 0.6) is 0 Å². The Morgan fingerprint density at radius 2 is 2.16 bits per heavy atom. The summed E-state index contributed by atoms with van der Waals surface area (Å²) >= 11 is 1.67. The van der Waals surface area contributed by atoms with Gasteiger partial charge in [-0.05, 0) is 44.4 Å². The van der Waals surface area contributed by atoms with Crippen molar-refractivity contribution in [1.29, 1.82) is 0 Å². The van der Waals surface area contributed by atoms with Gasteiger partial charge in [-0.25, -0.2) is 4.98 Å². The molecule has 2 N–H and O–H groups in total. The fourth-order valence-electron chi connectivity index (χ4n) is 3.11. The van der Waals surface area contributed by atoms with Gasteiger partial charge in [0.1, 0.15) is 0 Å². The number of nitrogens with one attached hydrogen (secondary N) is 2. The Morgan fingerprint density at radius 1 is 1.36 bits per heavy atom. The third-order valence-electron chi connectivity index (χ3n) is 4.68. The average molecular weight is 358 g/mol. The SMILES string of the molecule is CN=C(NCc1scnc1C)NC(C)c1cccc(N2CCCC2)c1. The highest BCUT2D eigenvalue weighted by molar-refractivity contribution is 7.09. The molecule has 1 aromatic heterocycles. The van der Waals surface area contributed by atoms with E-state index in [9.17, 15) is 0 Å². The smallest absolute Gasteiger partial charge is 0.191 e. The summed E-state index contributed by atoms with van der Waals surface area (Å²) in [6, 6.07) is 9.03. The van der Waals surface area contributed by atoms with Crippen LogP contribution in [0.2, 0.25) is 0 Å². The molecule has 2 aromatic rings. The Morgan fingerprint density at radius 3 is 2.84 bits per heavy atom. The van der Waals surface area contributed by atoms with E-state index in [1.165, 1.54) is 42.1 Å². The minimum atomic E-state index is 0.191. The van der Waals surface area contributed by atoms with Gasteiger partial charge in [0, 0.05) is 30.7 Å². The minimum absolute atomic E-state index is 0.191. The van der Waals surface area contributed by atoms with E-state index in [0.717, 1.165) is 18.2 Å². The average Bonchev–Trinajstić information content (AvgIpc) is 3.30. The predicted octanol–water partition coefficient (Wildman–Crippen LogP) is 3.48. The number of guanidine groups is 1. The van der Waals surface area contributed by atoms with Gasteiger partial charge in [-0.15, -0.1) is 11.3 Å². The first-order chi connectivity index (χ1) is 12.2. The lowest BCUT2D eigenvalue weighted by Crippen LogP contribution is -2.38. The second-order valence-corrected chi connectivity index (χ2v) is 7.38. The van der Waals surface area contributed by atoms with Crippen LogP contribution < -0.4 is 15.5 Å². The zero-order chi connectivity index (χ0) is 17.6. The molecule has 6 heteroatoms. The molecule has 0 spiro atoms. The largest absolute Gasteiger partial charge is 0.372 e. The molecule has 1 atom stereocenters. The van der Waals surface area contributed by atoms with Gasteiger partial charge in [0.25, 0.3) is 0 Å². The Hall–Kier alpha value is -2.08. The number of hydrogen-bond acceptors (Lipinski definition) is 4. The minimum Gasteiger partial charge on any atom is -0.372 e. The monoisotopic (exact) mass is 357 g/mol. The van der Waals surface area contributed by atoms with Crippen molar-refractivity contribution >= 4 is 23.0 Å². The molecular formula is C19H27N5S. The standard InChI is InChI=1S/C19H27N5S/c1-14(16-7-6-8-17(11-16)24-9-4-5-10-24)23-19(20-3)21-12-18-15(2)22-13-25-18/h6-8,11,13-14H,4-5,9-10,12H2,1-3H3,(H2,20,21,23). The normalized spacial score (nSPS) is 16.1. The first kappa shape index (κ1) is 17.7. The van der Waals surface area contributed by atoms with Gasteiger partial charge in [0.15, 0.2) is 5.96 Å². The zero-order valence-electron chi connectivity index (χ0n) is 15.2. The van der Waals surface area contributed by atoms with Gasteiger partial charge in [-0.2, -0.15) is 0 Å². The van der Waals surface area contributed by atoms with Crippen LogP contribution in [-0.4, -0.2) is 31.1 Å². The summed E-state index contributed by atoms with van der Waals surface area (Å²) in [5.41, 5.74) is 5.57. The maximum atomic E-state index is 4.35. The summed E-state index contributed by atoms with van der Waals surface area (Å²) in [6.07, 6.45) is 2.59. The second-order valence-electron chi connectivity index (χ2n) is 6.44. The van der Waals surface area contributed by atoms with E-state index >= 15 is 0 Å². The number of aryl methyl sites for hydroxylation is 1. The van der Waals surface area contributed by atoms with E-state index < -0.39 is 0 Å². The molecule has 1 fully saturated rings. The van der Waals surface area contributed by atoms with Crippen LogP contribution in [0, 0.1) is 6.92 Å². The molecular weight excluding hydrogens is 330 g/mol. The zero-order valence-corrected chi connectivity index (χ0v) is 16.1. The maximum absolute atomic E-state index is 4.35. The molecule has 0 amide bonds. The lowest BCUT2D eigenvalue weighted by Gasteiger charge is -2.22. The Bertz CT molecular complexity index is 718. The molecule has 1 saturated heterocycles. The Kier molecular flexibility index (Phi) is 5.91. The number of rotatable bonds is 5. The molecule has 0 aliphatic carbocycles. The van der Waals surface area contributed by atoms with Crippen LogP contribution in [0.4, 0.5) is 5.69 Å². The van der Waals surface area contributed by atoms with Gasteiger partial charge in [0.05, 0.1) is 23.8 Å². The van der Waals surface area contributed by atoms with E-state index in [2.05, 4.69) is 56.7 Å². The van der Waals surface area contributed by atoms with Crippen molar-refractivity contribution in [3.05, 3.63) is 45.9 Å². The second kappa shape index (κ2) is 8.34. The highest BCUT2D eigenvalue weighted by atomic mass is 32.1. The lowest BCUT2D eigenvalue weighted by molar-refractivity contribution is 0.685. The summed E-state index contributed by atoms with van der Waals surface area (Å²) < 4.78 is 0. The number of aliphatic imine (C=N–C) groups is 1. The molecule has 1 aliphatic heterocycles. The summed E-state index contributed by atoms with van der Waals surface area (Å²) in [7, 11) is 1.81. The molecule has 0 bridgehead atoms. The van der Waals surface area contributed by atoms with Crippen molar-refractivity contribution in [1.82, 2.24) is 15.6 Å². The third kappa shape index (κ3) is 4.51. The van der Waals surface area contributed by atoms with Crippen LogP contribution in [0.25, 0.3) is 0 Å². The fraction of sp³-hybridized carbons (Fsp3) is 0.474. The number of benzene rings is 1. The third-order valence-corrected chi connectivity index (χ3v) is 5.61. The number of nitrogens with zero attached hydrogens (tertiary/aromatic N) is 3. The van der Waals surface area contributed by atoms with E-state index in [0.29, 0.717) is 0 Å². The quantitative estimate of drug-likeness (QED) is 0.635. The molecule has 1 aliphatic rings. The summed E-state index contributed by atoms with van der Waals surface area (Å²) in [5, 5.41) is 6.87. The molecule has 25 heavy (non-hydrogen) atoms. The van der Waals surface area contributed by atoms with E-state index in [4.69, 9.17) is 0 Å². The maximum Gasteiger partial charge on any atom is 0.191 e. The van der Waals surface area contributed by atoms with Gasteiger partial charge < -0.3 is 15.5 Å². The molecule has 5 nitrogen and oxygen atoms in total. The van der Waals surface area contributed by atoms with Crippen LogP contribution in [0.3, 0.4) is 0 Å². The van der Waals surface area contributed by atoms with E-state index in [-0.39, 0.29) is 6.04 Å². The Labute approximate surface area is 154 Å². The molecule has 134 valence electrons. The summed E-state index contributed by atoms with van der Waals surface area (Å²) in [4.78, 5) is 12.4. The van der Waals surface area contributed by atoms with Crippen molar-refractivity contribution in [3.8, 4) is 0 Å². The van der Waals surface area contributed by atoms with Crippen molar-refractivity contribution in [2.45, 2.75) is 39.3 Å². The van der Waals surface area contributed by atoms with Gasteiger partial charge >= 0.3 is 0 Å². The number of anilines is 1. The van der Waals surface area contributed by atoms with Crippen LogP contribution in [0.1, 0.15) is 41.9 Å². The molecule has 3 rings (SSSR count). The van der Waals surface area contributed by atoms with Gasteiger partial charge in [-0.3, -0.25) is 4.99 Å². The number of hydrogen-bond donors (Lipinski definition) is 2. The molecule has 2 heterocycles. The predicted molar refractivity (Wildman–Crippen MR) is 106 cm³/mol. The first-order valence-corrected chi connectivity index (χ1v) is 9.76. The molecule has 1 unspecified atom stereocenters. The van der Waals surface area contributed by atoms with Crippen molar-refractivity contribution in [3.63, 3.8) is 0 Å². The first-order valence-electron chi connectivity index (χ1n) is 8.88. The van der Waals surface area contributed by atoms with Crippen molar-refractivity contribution in [2.24, 2.45) is 4.99 Å². The van der Waals surface area contributed by atoms with Crippen LogP contribution >= 0.6 is 11.3 Å². The number of thiazole rings is 1. The molecule has 0 radical (unpaired) electrons. The molecule has 1 aromatic carbocycles. The topological polar surface area (TPSA) is 52.6 Å². The molecule has 0 saturated carbocycles. The Balaban J connectivity index is 1.61. The van der Waals surface area contributed by atoms with Crippen molar-refractivity contribution in [2.75, 3.05) is 25.0 Å². The van der Waals surface area contributed by atoms with Gasteiger partial charge in [0.2, 0.25) is 0 Å². The van der Waals surface area contributed by atoms with E-state index in [1.54, 1.807) is 11.3 Å². The summed E-state index contributed by atoms with van der Waals surface area (Å²) in [5.74, 6) is 0.812. The van der Waals surface area contributed by atoms with Gasteiger partial charge in [-0.1, -0.05) is 12.1 Å². The van der Waals surface area contributed by atoms with Crippen LogP contribution in [-0.2, 0) is 6.54 Å². The van der Waals surface area contributed by atoms with Crippen molar-refractivity contribution < 1.29 is 0 Å². The highest BCUT2D eigenvalue weighted by Gasteiger charge is 2.14.